The van der Waals surface area contributed by atoms with Crippen LogP contribution in [0.2, 0.25) is 0 Å². The first kappa shape index (κ1) is 24.7. The molecule has 0 aromatic carbocycles. The van der Waals surface area contributed by atoms with Gasteiger partial charge in [0.25, 0.3) is 0 Å². The van der Waals surface area contributed by atoms with Crippen LogP contribution in [-0.2, 0) is 43.2 Å². The third-order valence-corrected chi connectivity index (χ3v) is 5.18. The van der Waals surface area contributed by atoms with Crippen molar-refractivity contribution in [3.63, 3.8) is 0 Å². The predicted octanol–water partition coefficient (Wildman–Crippen LogP) is 3.97. The zero-order valence-electron chi connectivity index (χ0n) is 18.5. The van der Waals surface area contributed by atoms with Crippen molar-refractivity contribution < 1.29 is 17.1 Å². The molecule has 33 heavy (non-hydrogen) atoms. The van der Waals surface area contributed by atoms with Gasteiger partial charge in [-0.15, -0.1) is 0 Å². The van der Waals surface area contributed by atoms with E-state index in [1.165, 1.54) is 0 Å². The first-order valence-corrected chi connectivity index (χ1v) is 10.9. The van der Waals surface area contributed by atoms with E-state index in [-0.39, 0.29) is 17.1 Å². The van der Waals surface area contributed by atoms with Gasteiger partial charge in [0.2, 0.25) is 0 Å². The molecule has 4 aromatic heterocycles. The van der Waals surface area contributed by atoms with Crippen LogP contribution in [0.3, 0.4) is 0 Å². The molecule has 0 atom stereocenters. The molecule has 0 aliphatic heterocycles. The molecule has 0 radical (unpaired) electrons. The van der Waals surface area contributed by atoms with E-state index in [4.69, 9.17) is 0 Å². The third-order valence-electron chi connectivity index (χ3n) is 5.18. The van der Waals surface area contributed by atoms with E-state index < -0.39 is 0 Å². The third kappa shape index (κ3) is 8.48. The molecule has 6 nitrogen and oxygen atoms in total. The van der Waals surface area contributed by atoms with E-state index in [1.807, 2.05) is 73.3 Å². The Balaban J connectivity index is 0.00000306. The van der Waals surface area contributed by atoms with Crippen LogP contribution in [0.4, 0.5) is 0 Å². The number of aromatic nitrogens is 4. The summed E-state index contributed by atoms with van der Waals surface area (Å²) in [5.74, 6) is 0. The summed E-state index contributed by atoms with van der Waals surface area (Å²) in [6.45, 7) is 4.87. The largest absolute Gasteiger partial charge is 0.290 e. The number of nitrogens with zero attached hydrogens (tertiary/aromatic N) is 6. The Bertz CT molecular complexity index is 865. The van der Waals surface area contributed by atoms with Crippen molar-refractivity contribution in [1.82, 2.24) is 29.7 Å². The quantitative estimate of drug-likeness (QED) is 0.303. The van der Waals surface area contributed by atoms with Crippen LogP contribution in [-0.4, -0.2) is 42.8 Å². The second-order valence-electron chi connectivity index (χ2n) is 7.71. The summed E-state index contributed by atoms with van der Waals surface area (Å²) in [7, 11) is 0. The molecule has 0 aliphatic rings. The van der Waals surface area contributed by atoms with E-state index in [1.54, 1.807) is 0 Å². The summed E-state index contributed by atoms with van der Waals surface area (Å²) in [6, 6.07) is 24.3. The van der Waals surface area contributed by atoms with E-state index >= 15 is 0 Å². The van der Waals surface area contributed by atoms with Gasteiger partial charge in [0.05, 0.1) is 22.8 Å². The number of hydrogen-bond acceptors (Lipinski definition) is 6. The molecule has 0 bridgehead atoms. The maximum Gasteiger partial charge on any atom is 0.0544 e. The van der Waals surface area contributed by atoms with E-state index in [9.17, 15) is 0 Å². The standard InChI is InChI=1S/C26H28N6.Fe/c1-5-13-27-23(9-1)19-31(20-24-10-2-6-14-28-24)17-18-32(21-25-11-3-7-15-29-25)22-26-12-4-8-16-30-26;/h1-16H,17-22H2;. The van der Waals surface area contributed by atoms with Crippen molar-refractivity contribution in [1.29, 1.82) is 0 Å². The van der Waals surface area contributed by atoms with Gasteiger partial charge in [-0.05, 0) is 48.5 Å². The zero-order chi connectivity index (χ0) is 21.8. The molecule has 4 heterocycles. The molecule has 0 spiro atoms. The summed E-state index contributed by atoms with van der Waals surface area (Å²) >= 11 is 0. The Morgan fingerprint density at radius 3 is 0.909 bits per heavy atom. The van der Waals surface area contributed by atoms with Crippen molar-refractivity contribution in [2.24, 2.45) is 0 Å². The second-order valence-corrected chi connectivity index (χ2v) is 7.71. The summed E-state index contributed by atoms with van der Waals surface area (Å²) in [5.41, 5.74) is 4.24. The van der Waals surface area contributed by atoms with Crippen molar-refractivity contribution >= 4 is 0 Å². The fraction of sp³-hybridized carbons (Fsp3) is 0.231. The molecule has 4 aromatic rings. The monoisotopic (exact) mass is 480 g/mol. The van der Waals surface area contributed by atoms with Crippen LogP contribution >= 0.6 is 0 Å². The molecule has 170 valence electrons. The molecule has 0 N–H and O–H groups in total. The first-order valence-electron chi connectivity index (χ1n) is 10.9. The Morgan fingerprint density at radius 1 is 0.424 bits per heavy atom. The summed E-state index contributed by atoms with van der Waals surface area (Å²) in [4.78, 5) is 22.9. The van der Waals surface area contributed by atoms with Crippen molar-refractivity contribution in [3.8, 4) is 0 Å². The molecule has 0 fully saturated rings. The van der Waals surface area contributed by atoms with Gasteiger partial charge in [-0.25, -0.2) is 0 Å². The molecular weight excluding hydrogens is 452 g/mol. The van der Waals surface area contributed by atoms with Crippen LogP contribution in [0, 0.1) is 0 Å². The molecule has 7 heteroatoms. The fourth-order valence-corrected chi connectivity index (χ4v) is 3.59. The Morgan fingerprint density at radius 2 is 0.697 bits per heavy atom. The van der Waals surface area contributed by atoms with Crippen LogP contribution in [0.25, 0.3) is 0 Å². The van der Waals surface area contributed by atoms with E-state index in [0.29, 0.717) is 0 Å². The van der Waals surface area contributed by atoms with Crippen LogP contribution < -0.4 is 0 Å². The zero-order valence-corrected chi connectivity index (χ0v) is 19.6. The molecular formula is C26H28FeN6. The molecule has 0 saturated carbocycles. The first-order chi connectivity index (χ1) is 15.8. The van der Waals surface area contributed by atoms with Crippen LogP contribution in [0.1, 0.15) is 22.8 Å². The van der Waals surface area contributed by atoms with Gasteiger partial charge in [0.15, 0.2) is 0 Å². The van der Waals surface area contributed by atoms with Crippen molar-refractivity contribution in [2.45, 2.75) is 26.2 Å². The average Bonchev–Trinajstić information content (AvgIpc) is 2.85. The minimum atomic E-state index is 0. The normalized spacial score (nSPS) is 10.8. The fourth-order valence-electron chi connectivity index (χ4n) is 3.59. The Labute approximate surface area is 206 Å². The number of hydrogen-bond donors (Lipinski definition) is 0. The van der Waals surface area contributed by atoms with Gasteiger partial charge in [-0.1, -0.05) is 24.3 Å². The van der Waals surface area contributed by atoms with Gasteiger partial charge in [0.1, 0.15) is 0 Å². The molecule has 0 aliphatic carbocycles. The summed E-state index contributed by atoms with van der Waals surface area (Å²) in [5, 5.41) is 0. The van der Waals surface area contributed by atoms with Gasteiger partial charge in [0, 0.05) is 81.1 Å². The van der Waals surface area contributed by atoms with Crippen LogP contribution in [0.5, 0.6) is 0 Å². The minimum Gasteiger partial charge on any atom is -0.290 e. The maximum absolute atomic E-state index is 4.53. The number of rotatable bonds is 11. The van der Waals surface area contributed by atoms with Gasteiger partial charge >= 0.3 is 0 Å². The number of pyridine rings is 4. The Hall–Kier alpha value is -2.96. The SMILES string of the molecule is [Fe].c1ccc(CN(CCN(Cc2ccccn2)Cc2ccccn2)Cc2ccccn2)nc1. The molecule has 0 saturated heterocycles. The molecule has 0 amide bonds. The maximum atomic E-state index is 4.53. The molecule has 4 rings (SSSR count). The Kier molecular flexibility index (Phi) is 10.1. The predicted molar refractivity (Wildman–Crippen MR) is 125 cm³/mol. The van der Waals surface area contributed by atoms with Gasteiger partial charge < -0.3 is 0 Å². The molecule has 0 unspecified atom stereocenters. The summed E-state index contributed by atoms with van der Waals surface area (Å²) in [6.07, 6.45) is 7.40. The summed E-state index contributed by atoms with van der Waals surface area (Å²) < 4.78 is 0. The van der Waals surface area contributed by atoms with Crippen molar-refractivity contribution in [2.75, 3.05) is 13.1 Å². The minimum absolute atomic E-state index is 0. The van der Waals surface area contributed by atoms with Gasteiger partial charge in [-0.3, -0.25) is 29.7 Å². The van der Waals surface area contributed by atoms with E-state index in [0.717, 1.165) is 62.0 Å². The average molecular weight is 480 g/mol. The van der Waals surface area contributed by atoms with Crippen LogP contribution in [0.15, 0.2) is 97.6 Å². The second kappa shape index (κ2) is 13.6. The van der Waals surface area contributed by atoms with E-state index in [2.05, 4.69) is 54.0 Å². The smallest absolute Gasteiger partial charge is 0.0544 e. The van der Waals surface area contributed by atoms with Gasteiger partial charge in [-0.2, -0.15) is 0 Å². The van der Waals surface area contributed by atoms with Crippen molar-refractivity contribution in [3.05, 3.63) is 120 Å². The topological polar surface area (TPSA) is 58.0 Å².